The van der Waals surface area contributed by atoms with Gasteiger partial charge in [0, 0.05) is 25.5 Å². The quantitative estimate of drug-likeness (QED) is 0.860. The Kier molecular flexibility index (Phi) is 4.59. The number of ether oxygens (including phenoxy) is 1. The van der Waals surface area contributed by atoms with E-state index in [1.165, 1.54) is 0 Å². The third kappa shape index (κ3) is 3.29. The molecule has 0 unspecified atom stereocenters. The summed E-state index contributed by atoms with van der Waals surface area (Å²) < 4.78 is 11.2. The van der Waals surface area contributed by atoms with Crippen molar-refractivity contribution in [1.82, 2.24) is 20.0 Å². The number of aromatic nitrogens is 3. The molecule has 2 aromatic heterocycles. The maximum absolute atomic E-state index is 12.7. The van der Waals surface area contributed by atoms with E-state index in [1.54, 1.807) is 26.2 Å². The molecule has 2 saturated heterocycles. The summed E-state index contributed by atoms with van der Waals surface area (Å²) in [5.74, 6) is 1.63. The van der Waals surface area contributed by atoms with E-state index in [9.17, 15) is 4.79 Å². The van der Waals surface area contributed by atoms with Crippen molar-refractivity contribution >= 4 is 11.9 Å². The lowest BCUT2D eigenvalue weighted by atomic mass is 9.78. The van der Waals surface area contributed by atoms with E-state index in [0.29, 0.717) is 42.0 Å². The van der Waals surface area contributed by atoms with Gasteiger partial charge in [0.05, 0.1) is 18.8 Å². The maximum Gasteiger partial charge on any atom is 0.259 e. The van der Waals surface area contributed by atoms with Gasteiger partial charge in [0.25, 0.3) is 5.91 Å². The van der Waals surface area contributed by atoms with Crippen molar-refractivity contribution in [2.75, 3.05) is 31.6 Å². The Hall–Kier alpha value is -2.48. The predicted molar refractivity (Wildman–Crippen MR) is 98.5 cm³/mol. The van der Waals surface area contributed by atoms with Crippen LogP contribution in [0.25, 0.3) is 0 Å². The molecule has 8 nitrogen and oxygen atoms in total. The van der Waals surface area contributed by atoms with Crippen LogP contribution >= 0.6 is 0 Å². The number of hydrogen-bond donors (Lipinski definition) is 1. The molecule has 2 fully saturated rings. The zero-order valence-electron chi connectivity index (χ0n) is 16.0. The highest BCUT2D eigenvalue weighted by Crippen LogP contribution is 2.42. The smallest absolute Gasteiger partial charge is 0.259 e. The topological polar surface area (TPSA) is 93.4 Å². The van der Waals surface area contributed by atoms with E-state index >= 15 is 0 Å². The summed E-state index contributed by atoms with van der Waals surface area (Å²) in [6.45, 7) is 8.33. The molecule has 0 bridgehead atoms. The van der Waals surface area contributed by atoms with Gasteiger partial charge in [-0.2, -0.15) is 0 Å². The lowest BCUT2D eigenvalue weighted by molar-refractivity contribution is -0.117. The highest BCUT2D eigenvalue weighted by molar-refractivity contribution is 5.96. The molecule has 8 heteroatoms. The fraction of sp³-hybridized carbons (Fsp3) is 0.579. The van der Waals surface area contributed by atoms with Crippen LogP contribution in [-0.4, -0.2) is 57.8 Å². The molecule has 2 aliphatic heterocycles. The minimum absolute atomic E-state index is 0.0164. The molecule has 0 radical (unpaired) electrons. The van der Waals surface area contributed by atoms with Gasteiger partial charge in [-0.05, 0) is 45.1 Å². The van der Waals surface area contributed by atoms with Crippen LogP contribution < -0.4 is 5.32 Å². The Balaban J connectivity index is 1.33. The molecule has 0 saturated carbocycles. The van der Waals surface area contributed by atoms with Crippen molar-refractivity contribution in [3.63, 3.8) is 0 Å². The van der Waals surface area contributed by atoms with Gasteiger partial charge in [-0.3, -0.25) is 4.79 Å². The third-order valence-electron chi connectivity index (χ3n) is 5.61. The number of amides is 1. The summed E-state index contributed by atoms with van der Waals surface area (Å²) in [6, 6.07) is 0. The van der Waals surface area contributed by atoms with Crippen LogP contribution in [-0.2, 0) is 4.74 Å². The average Bonchev–Trinajstić information content (AvgIpc) is 3.18. The molecule has 144 valence electrons. The van der Waals surface area contributed by atoms with E-state index < -0.39 is 0 Å². The van der Waals surface area contributed by atoms with Crippen LogP contribution in [0.1, 0.15) is 40.2 Å². The molecule has 2 aliphatic rings. The molecule has 1 atom stereocenters. The van der Waals surface area contributed by atoms with Crippen LogP contribution in [0.3, 0.4) is 0 Å². The standard InChI is InChI=1S/C19H25N5O3/c1-12-8-21-18(22-9-12)20-6-4-15-5-7-26-19(15)10-24(11-19)17(25)16-13(2)23-27-14(16)3/h8-9,15H,4-7,10-11H2,1-3H3,(H,20,21,22)/t15-/m0/s1. The Morgan fingerprint density at radius 2 is 2.04 bits per heavy atom. The Morgan fingerprint density at radius 1 is 1.30 bits per heavy atom. The SMILES string of the molecule is Cc1cnc(NCC[C@H]2CCOC23CN(C(=O)c2c(C)noc2C)C3)nc1. The van der Waals surface area contributed by atoms with Gasteiger partial charge in [-0.15, -0.1) is 0 Å². The van der Waals surface area contributed by atoms with Crippen LogP contribution in [0.15, 0.2) is 16.9 Å². The monoisotopic (exact) mass is 371 g/mol. The fourth-order valence-electron chi connectivity index (χ4n) is 4.07. The zero-order valence-corrected chi connectivity index (χ0v) is 16.0. The maximum atomic E-state index is 12.7. The number of carbonyl (C=O) groups is 1. The van der Waals surface area contributed by atoms with Gasteiger partial charge in [0.1, 0.15) is 16.9 Å². The first-order valence-electron chi connectivity index (χ1n) is 9.37. The Morgan fingerprint density at radius 3 is 2.70 bits per heavy atom. The van der Waals surface area contributed by atoms with Crippen molar-refractivity contribution in [3.8, 4) is 0 Å². The van der Waals surface area contributed by atoms with Crippen molar-refractivity contribution < 1.29 is 14.1 Å². The molecule has 27 heavy (non-hydrogen) atoms. The van der Waals surface area contributed by atoms with Gasteiger partial charge in [-0.1, -0.05) is 5.16 Å². The first-order valence-corrected chi connectivity index (χ1v) is 9.37. The Labute approximate surface area is 158 Å². The van der Waals surface area contributed by atoms with Gasteiger partial charge >= 0.3 is 0 Å². The summed E-state index contributed by atoms with van der Waals surface area (Å²) in [5.41, 5.74) is 2.05. The minimum atomic E-state index is -0.218. The second-order valence-corrected chi connectivity index (χ2v) is 7.56. The van der Waals surface area contributed by atoms with E-state index in [4.69, 9.17) is 9.26 Å². The largest absolute Gasteiger partial charge is 0.371 e. The molecule has 0 aliphatic carbocycles. The molecule has 1 amide bonds. The summed E-state index contributed by atoms with van der Waals surface area (Å²) in [6.07, 6.45) is 5.59. The normalized spacial score (nSPS) is 20.7. The van der Waals surface area contributed by atoms with Gasteiger partial charge in [0.15, 0.2) is 0 Å². The average molecular weight is 371 g/mol. The van der Waals surface area contributed by atoms with Crippen LogP contribution in [0, 0.1) is 26.7 Å². The Bertz CT molecular complexity index is 807. The molecule has 1 spiro atoms. The number of rotatable bonds is 5. The van der Waals surface area contributed by atoms with Gasteiger partial charge in [0.2, 0.25) is 5.95 Å². The first-order chi connectivity index (χ1) is 13.0. The number of carbonyl (C=O) groups excluding carboxylic acids is 1. The predicted octanol–water partition coefficient (Wildman–Crippen LogP) is 2.12. The number of nitrogens with one attached hydrogen (secondary N) is 1. The number of hydrogen-bond acceptors (Lipinski definition) is 7. The van der Waals surface area contributed by atoms with Gasteiger partial charge < -0.3 is 19.5 Å². The van der Waals surface area contributed by atoms with E-state index in [-0.39, 0.29) is 11.5 Å². The third-order valence-corrected chi connectivity index (χ3v) is 5.61. The highest BCUT2D eigenvalue weighted by atomic mass is 16.5. The molecular weight excluding hydrogens is 346 g/mol. The lowest BCUT2D eigenvalue weighted by Crippen LogP contribution is -2.66. The molecule has 4 rings (SSSR count). The lowest BCUT2D eigenvalue weighted by Gasteiger charge is -2.50. The number of aryl methyl sites for hydroxylation is 3. The molecule has 0 aromatic carbocycles. The zero-order chi connectivity index (χ0) is 19.0. The van der Waals surface area contributed by atoms with Crippen LogP contribution in [0.4, 0.5) is 5.95 Å². The van der Waals surface area contributed by atoms with Crippen molar-refractivity contribution in [1.29, 1.82) is 0 Å². The summed E-state index contributed by atoms with van der Waals surface area (Å²) in [5, 5.41) is 7.16. The second kappa shape index (κ2) is 6.92. The van der Waals surface area contributed by atoms with E-state index in [0.717, 1.165) is 31.6 Å². The highest BCUT2D eigenvalue weighted by Gasteiger charge is 2.54. The number of anilines is 1. The molecule has 2 aromatic rings. The van der Waals surface area contributed by atoms with Crippen molar-refractivity contribution in [2.24, 2.45) is 5.92 Å². The second-order valence-electron chi connectivity index (χ2n) is 7.56. The molecular formula is C19H25N5O3. The van der Waals surface area contributed by atoms with Crippen molar-refractivity contribution in [2.45, 2.75) is 39.2 Å². The number of likely N-dealkylation sites (tertiary alicyclic amines) is 1. The minimum Gasteiger partial charge on any atom is -0.371 e. The molecule has 4 heterocycles. The van der Waals surface area contributed by atoms with Crippen LogP contribution in [0.5, 0.6) is 0 Å². The van der Waals surface area contributed by atoms with Gasteiger partial charge in [-0.25, -0.2) is 9.97 Å². The summed E-state index contributed by atoms with van der Waals surface area (Å²) in [4.78, 5) is 23.1. The summed E-state index contributed by atoms with van der Waals surface area (Å²) >= 11 is 0. The van der Waals surface area contributed by atoms with E-state index in [2.05, 4.69) is 20.4 Å². The van der Waals surface area contributed by atoms with Crippen LogP contribution in [0.2, 0.25) is 0 Å². The fourth-order valence-corrected chi connectivity index (χ4v) is 4.07. The number of nitrogens with zero attached hydrogens (tertiary/aromatic N) is 4. The van der Waals surface area contributed by atoms with E-state index in [1.807, 2.05) is 11.8 Å². The summed E-state index contributed by atoms with van der Waals surface area (Å²) in [7, 11) is 0. The van der Waals surface area contributed by atoms with Crippen molar-refractivity contribution in [3.05, 3.63) is 35.0 Å². The first kappa shape index (κ1) is 17.9. The molecule has 1 N–H and O–H groups in total.